The van der Waals surface area contributed by atoms with Crippen LogP contribution in [0, 0.1) is 12.8 Å². The molecule has 0 aliphatic carbocycles. The average molecular weight is 815 g/mol. The number of carbonyl (C=O) groups is 2. The van der Waals surface area contributed by atoms with Crippen molar-refractivity contribution in [3.05, 3.63) is 109 Å². The monoisotopic (exact) mass is 814 g/mol. The molecule has 0 saturated carbocycles. The number of hydrogen-bond donors (Lipinski definition) is 2. The van der Waals surface area contributed by atoms with Crippen LogP contribution in [0.15, 0.2) is 97.5 Å². The smallest absolute Gasteiger partial charge is 0.234 e. The predicted molar refractivity (Wildman–Crippen MR) is 234 cm³/mol. The number of imide groups is 1. The van der Waals surface area contributed by atoms with Crippen molar-refractivity contribution in [3.8, 4) is 28.1 Å². The molecule has 5 heterocycles. The molecule has 59 heavy (non-hydrogen) atoms. The minimum absolute atomic E-state index is 0.0667. The third-order valence-electron chi connectivity index (χ3n) is 12.3. The van der Waals surface area contributed by atoms with E-state index < -0.39 is 10.0 Å². The van der Waals surface area contributed by atoms with Crippen LogP contribution in [0.2, 0.25) is 0 Å². The van der Waals surface area contributed by atoms with Gasteiger partial charge in [-0.25, -0.2) is 13.1 Å². The Morgan fingerprint density at radius 1 is 0.814 bits per heavy atom. The minimum atomic E-state index is -3.45. The zero-order chi connectivity index (χ0) is 41.1. The number of aromatic nitrogens is 3. The van der Waals surface area contributed by atoms with Gasteiger partial charge in [0.05, 0.1) is 23.0 Å². The van der Waals surface area contributed by atoms with Gasteiger partial charge in [0.25, 0.3) is 0 Å². The number of hydrogen-bond acceptors (Lipinski definition) is 9. The van der Waals surface area contributed by atoms with E-state index >= 15 is 0 Å². The number of carbonyl (C=O) groups excluding carboxylic acids is 2. The summed E-state index contributed by atoms with van der Waals surface area (Å²) >= 11 is 0. The lowest BCUT2D eigenvalue weighted by molar-refractivity contribution is -0.134. The van der Waals surface area contributed by atoms with E-state index in [2.05, 4.69) is 85.2 Å². The summed E-state index contributed by atoms with van der Waals surface area (Å²) in [7, 11) is -3.45. The van der Waals surface area contributed by atoms with Crippen molar-refractivity contribution in [3.63, 3.8) is 0 Å². The second-order valence-corrected chi connectivity index (χ2v) is 18.1. The highest BCUT2D eigenvalue weighted by Crippen LogP contribution is 2.37. The number of piperidine rings is 2. The molecule has 8 rings (SSSR count). The van der Waals surface area contributed by atoms with E-state index in [1.54, 1.807) is 12.4 Å². The number of sulfonamides is 1. The first kappa shape index (κ1) is 40.3. The number of rotatable bonds is 12. The van der Waals surface area contributed by atoms with Gasteiger partial charge in [-0.3, -0.25) is 29.5 Å². The van der Waals surface area contributed by atoms with Crippen LogP contribution in [0.3, 0.4) is 0 Å². The summed E-state index contributed by atoms with van der Waals surface area (Å²) in [5.41, 5.74) is 9.27. The van der Waals surface area contributed by atoms with Crippen molar-refractivity contribution in [2.24, 2.45) is 5.92 Å². The number of nitrogens with one attached hydrogen (secondary N) is 2. The maximum absolute atomic E-state index is 12.7. The maximum Gasteiger partial charge on any atom is 0.234 e. The summed E-state index contributed by atoms with van der Waals surface area (Å²) in [4.78, 5) is 35.7. The van der Waals surface area contributed by atoms with E-state index in [0.29, 0.717) is 36.9 Å². The van der Waals surface area contributed by atoms with E-state index in [0.717, 1.165) is 91.3 Å². The van der Waals surface area contributed by atoms with Crippen LogP contribution >= 0.6 is 0 Å². The van der Waals surface area contributed by atoms with Gasteiger partial charge in [-0.1, -0.05) is 31.2 Å². The van der Waals surface area contributed by atoms with Crippen molar-refractivity contribution in [2.45, 2.75) is 64.8 Å². The highest BCUT2D eigenvalue weighted by molar-refractivity contribution is 7.92. The molecule has 2 N–H and O–H groups in total. The van der Waals surface area contributed by atoms with Gasteiger partial charge in [-0.05, 0) is 117 Å². The number of pyridine rings is 1. The van der Waals surface area contributed by atoms with E-state index in [1.165, 1.54) is 11.4 Å². The predicted octanol–water partition coefficient (Wildman–Crippen LogP) is 7.01. The molecule has 12 nitrogen and oxygen atoms in total. The summed E-state index contributed by atoms with van der Waals surface area (Å²) in [6.45, 7) is 12.3. The molecule has 2 amide bonds. The van der Waals surface area contributed by atoms with Crippen LogP contribution in [0.25, 0.3) is 28.1 Å². The third kappa shape index (κ3) is 9.06. The summed E-state index contributed by atoms with van der Waals surface area (Å²) < 4.78 is 30.1. The largest absolute Gasteiger partial charge is 0.372 e. The molecule has 3 saturated heterocycles. The Morgan fingerprint density at radius 2 is 1.51 bits per heavy atom. The summed E-state index contributed by atoms with van der Waals surface area (Å²) in [6, 6.07) is 27.0. The molecule has 0 unspecified atom stereocenters. The Hall–Kier alpha value is -5.53. The first-order chi connectivity index (χ1) is 28.5. The molecular formula is C46H54N8O4S. The van der Waals surface area contributed by atoms with Gasteiger partial charge < -0.3 is 9.80 Å². The topological polar surface area (TPSA) is 133 Å². The van der Waals surface area contributed by atoms with Crippen molar-refractivity contribution >= 4 is 38.9 Å². The molecule has 3 aliphatic rings. The molecular weight excluding hydrogens is 761 g/mol. The van der Waals surface area contributed by atoms with Gasteiger partial charge in [0.15, 0.2) is 0 Å². The molecule has 3 aromatic carbocycles. The van der Waals surface area contributed by atoms with Gasteiger partial charge in [-0.15, -0.1) is 0 Å². The lowest BCUT2D eigenvalue weighted by Crippen LogP contribution is -2.53. The Balaban J connectivity index is 0.889. The van der Waals surface area contributed by atoms with Crippen LogP contribution in [0.5, 0.6) is 0 Å². The fourth-order valence-corrected chi connectivity index (χ4v) is 10.1. The molecule has 3 fully saturated rings. The Bertz CT molecular complexity index is 2380. The lowest BCUT2D eigenvalue weighted by atomic mass is 9.90. The summed E-state index contributed by atoms with van der Waals surface area (Å²) in [6.07, 6.45) is 9.37. The van der Waals surface area contributed by atoms with Crippen molar-refractivity contribution in [2.75, 3.05) is 59.5 Å². The van der Waals surface area contributed by atoms with Crippen LogP contribution < -0.4 is 19.8 Å². The van der Waals surface area contributed by atoms with Gasteiger partial charge >= 0.3 is 0 Å². The molecule has 2 aromatic heterocycles. The third-order valence-corrected chi connectivity index (χ3v) is 13.8. The fraction of sp³-hybridized carbons (Fsp3) is 0.391. The van der Waals surface area contributed by atoms with E-state index in [-0.39, 0.29) is 23.5 Å². The first-order valence-electron chi connectivity index (χ1n) is 20.9. The van der Waals surface area contributed by atoms with Crippen molar-refractivity contribution in [1.82, 2.24) is 25.0 Å². The van der Waals surface area contributed by atoms with Crippen molar-refractivity contribution in [1.29, 1.82) is 0 Å². The Labute approximate surface area is 347 Å². The quantitative estimate of drug-likeness (QED) is 0.128. The van der Waals surface area contributed by atoms with Gasteiger partial charge in [-0.2, -0.15) is 5.10 Å². The molecule has 0 spiro atoms. The SMILES string of the molecule is CCCS(=O)(=O)Nc1cccc(-c2cn(-c3ccc(N4CCN(CC5CCN(c6ccc([C@H]7CCC(=O)NC7=O)cc6)CC5)[C@H](C)C4)cc3)nc2-c2ccncc2)c1C. The Morgan fingerprint density at radius 3 is 2.20 bits per heavy atom. The number of benzene rings is 3. The second kappa shape index (κ2) is 17.4. The second-order valence-electron chi connectivity index (χ2n) is 16.3. The van der Waals surface area contributed by atoms with Crippen LogP contribution in [0.4, 0.5) is 17.1 Å². The standard InChI is InChI=1S/C46H54N8O4S/c1-4-28-59(57,58)50-43-7-5-6-40(33(43)3)42-31-54(49-45(42)36-18-22-47-23-19-36)39-14-12-38(13-15-39)53-27-26-52(32(2)29-53)30-34-20-24-51(25-21-34)37-10-8-35(9-11-37)41-16-17-44(55)48-46(41)56/h5-15,18-19,22-23,31-32,34,41,50H,4,16-17,20-21,24-30H2,1-3H3,(H,48,55,56)/t32-,41-/m1/s1. The Kier molecular flexibility index (Phi) is 11.8. The highest BCUT2D eigenvalue weighted by atomic mass is 32.2. The number of nitrogens with zero attached hydrogens (tertiary/aromatic N) is 6. The normalized spacial score (nSPS) is 19.5. The van der Waals surface area contributed by atoms with Crippen molar-refractivity contribution < 1.29 is 18.0 Å². The van der Waals surface area contributed by atoms with Gasteiger partial charge in [0.2, 0.25) is 21.8 Å². The summed E-state index contributed by atoms with van der Waals surface area (Å²) in [5, 5.41) is 7.55. The number of piperazine rings is 1. The van der Waals surface area contributed by atoms with E-state index in [1.807, 2.05) is 55.1 Å². The summed E-state index contributed by atoms with van der Waals surface area (Å²) in [5.74, 6) is 0.114. The van der Waals surface area contributed by atoms with Gasteiger partial charge in [0.1, 0.15) is 5.69 Å². The van der Waals surface area contributed by atoms with E-state index in [9.17, 15) is 18.0 Å². The molecule has 308 valence electrons. The van der Waals surface area contributed by atoms with E-state index in [4.69, 9.17) is 5.10 Å². The molecule has 0 radical (unpaired) electrons. The van der Waals surface area contributed by atoms with Gasteiger partial charge in [0, 0.05) is 92.8 Å². The molecule has 2 atom stereocenters. The number of anilines is 3. The highest BCUT2D eigenvalue weighted by Gasteiger charge is 2.30. The average Bonchev–Trinajstić information content (AvgIpc) is 3.68. The zero-order valence-electron chi connectivity index (χ0n) is 34.2. The lowest BCUT2D eigenvalue weighted by Gasteiger charge is -2.43. The molecule has 0 bridgehead atoms. The first-order valence-corrected chi connectivity index (χ1v) is 22.6. The fourth-order valence-electron chi connectivity index (χ4n) is 8.90. The molecule has 5 aromatic rings. The maximum atomic E-state index is 12.7. The minimum Gasteiger partial charge on any atom is -0.372 e. The van der Waals surface area contributed by atoms with Crippen LogP contribution in [-0.2, 0) is 19.6 Å². The number of amides is 2. The van der Waals surface area contributed by atoms with Crippen LogP contribution in [0.1, 0.15) is 63.0 Å². The molecule has 3 aliphatic heterocycles. The van der Waals surface area contributed by atoms with Crippen LogP contribution in [-0.4, -0.2) is 91.0 Å². The molecule has 13 heteroatoms. The zero-order valence-corrected chi connectivity index (χ0v) is 35.0.